The molecule has 1 aliphatic rings. The Morgan fingerprint density at radius 2 is 2.24 bits per heavy atom. The summed E-state index contributed by atoms with van der Waals surface area (Å²) in [6.07, 6.45) is 2.38. The molecule has 17 heavy (non-hydrogen) atoms. The maximum absolute atomic E-state index is 9.69. The Morgan fingerprint density at radius 3 is 2.76 bits per heavy atom. The first-order chi connectivity index (χ1) is 8.08. The van der Waals surface area contributed by atoms with Gasteiger partial charge in [-0.3, -0.25) is 0 Å². The number of phenolic OH excluding ortho intramolecular Hbond substituents is 1. The molecule has 0 aromatic heterocycles. The lowest BCUT2D eigenvalue weighted by Crippen LogP contribution is -2.36. The molecule has 1 aromatic carbocycles. The van der Waals surface area contributed by atoms with Crippen LogP contribution in [0.4, 0.5) is 0 Å². The van der Waals surface area contributed by atoms with Crippen molar-refractivity contribution in [2.24, 2.45) is 5.92 Å². The second-order valence-corrected chi connectivity index (χ2v) is 5.50. The number of hydrogen-bond donors (Lipinski definition) is 1. The molecule has 1 fully saturated rings. The molecule has 0 bridgehead atoms. The molecule has 1 saturated heterocycles. The monoisotopic (exact) mass is 233 g/mol. The Labute approximate surface area is 104 Å². The van der Waals surface area contributed by atoms with Crippen molar-refractivity contribution in [1.29, 1.82) is 0 Å². The molecule has 1 N–H and O–H groups in total. The first-order valence-corrected chi connectivity index (χ1v) is 6.56. The molecule has 0 saturated carbocycles. The smallest absolute Gasteiger partial charge is 0.115 e. The molecule has 2 rings (SSSR count). The number of aromatic hydroxyl groups is 1. The van der Waals surface area contributed by atoms with E-state index < -0.39 is 0 Å². The van der Waals surface area contributed by atoms with Crippen LogP contribution >= 0.6 is 0 Å². The second-order valence-electron chi connectivity index (χ2n) is 5.50. The van der Waals surface area contributed by atoms with E-state index in [2.05, 4.69) is 31.9 Å². The molecule has 0 radical (unpaired) electrons. The highest BCUT2D eigenvalue weighted by Crippen LogP contribution is 2.42. The van der Waals surface area contributed by atoms with Crippen LogP contribution in [0.3, 0.4) is 0 Å². The van der Waals surface area contributed by atoms with Gasteiger partial charge in [-0.15, -0.1) is 0 Å². The molecule has 2 unspecified atom stereocenters. The van der Waals surface area contributed by atoms with Gasteiger partial charge < -0.3 is 10.0 Å². The first kappa shape index (κ1) is 12.4. The van der Waals surface area contributed by atoms with E-state index in [-0.39, 0.29) is 5.41 Å². The number of phenols is 1. The Kier molecular flexibility index (Phi) is 3.43. The lowest BCUT2D eigenvalue weighted by atomic mass is 9.69. The number of rotatable bonds is 3. The zero-order valence-corrected chi connectivity index (χ0v) is 11.1. The van der Waals surface area contributed by atoms with E-state index in [1.165, 1.54) is 18.4 Å². The van der Waals surface area contributed by atoms with Gasteiger partial charge in [-0.05, 0) is 43.6 Å². The number of hydrogen-bond acceptors (Lipinski definition) is 2. The van der Waals surface area contributed by atoms with Gasteiger partial charge in [0.05, 0.1) is 0 Å². The molecular weight excluding hydrogens is 210 g/mol. The minimum absolute atomic E-state index is 0.224. The predicted octanol–water partition coefficient (Wildman–Crippen LogP) is 3.01. The Balaban J connectivity index is 2.40. The zero-order chi connectivity index (χ0) is 12.5. The predicted molar refractivity (Wildman–Crippen MR) is 71.4 cm³/mol. The summed E-state index contributed by atoms with van der Waals surface area (Å²) in [4.78, 5) is 2.40. The molecular formula is C15H23NO. The molecule has 2 heteroatoms. The molecule has 1 aliphatic heterocycles. The summed E-state index contributed by atoms with van der Waals surface area (Å²) in [5.41, 5.74) is 1.53. The first-order valence-electron chi connectivity index (χ1n) is 6.56. The summed E-state index contributed by atoms with van der Waals surface area (Å²) in [6, 6.07) is 7.84. The number of likely N-dealkylation sites (tertiary alicyclic amines) is 1. The number of likely N-dealkylation sites (N-methyl/N-ethyl adjacent to an activating group) is 1. The fourth-order valence-electron chi connectivity index (χ4n) is 3.16. The molecule has 0 amide bonds. The fraction of sp³-hybridized carbons (Fsp3) is 0.600. The second kappa shape index (κ2) is 4.69. The van der Waals surface area contributed by atoms with E-state index in [0.29, 0.717) is 11.7 Å². The topological polar surface area (TPSA) is 23.5 Å². The van der Waals surface area contributed by atoms with Crippen molar-refractivity contribution in [3.8, 4) is 5.75 Å². The van der Waals surface area contributed by atoms with Crippen molar-refractivity contribution in [3.05, 3.63) is 29.8 Å². The third-order valence-electron chi connectivity index (χ3n) is 4.47. The van der Waals surface area contributed by atoms with Gasteiger partial charge in [0.15, 0.2) is 0 Å². The Morgan fingerprint density at radius 1 is 1.47 bits per heavy atom. The minimum atomic E-state index is 0.224. The number of benzene rings is 1. The highest BCUT2D eigenvalue weighted by molar-refractivity contribution is 5.35. The lowest BCUT2D eigenvalue weighted by molar-refractivity contribution is 0.273. The molecule has 2 atom stereocenters. The fourth-order valence-corrected chi connectivity index (χ4v) is 3.16. The zero-order valence-electron chi connectivity index (χ0n) is 11.1. The van der Waals surface area contributed by atoms with Gasteiger partial charge in [0.2, 0.25) is 0 Å². The van der Waals surface area contributed by atoms with Crippen LogP contribution in [0.1, 0.15) is 32.3 Å². The summed E-state index contributed by atoms with van der Waals surface area (Å²) < 4.78 is 0. The van der Waals surface area contributed by atoms with E-state index in [9.17, 15) is 5.11 Å². The van der Waals surface area contributed by atoms with Gasteiger partial charge in [-0.25, -0.2) is 0 Å². The average molecular weight is 233 g/mol. The van der Waals surface area contributed by atoms with E-state index in [1.54, 1.807) is 6.07 Å². The van der Waals surface area contributed by atoms with Crippen LogP contribution in [0.2, 0.25) is 0 Å². The van der Waals surface area contributed by atoms with Crippen LogP contribution in [-0.2, 0) is 5.41 Å². The van der Waals surface area contributed by atoms with E-state index >= 15 is 0 Å². The molecule has 0 aliphatic carbocycles. The van der Waals surface area contributed by atoms with Crippen molar-refractivity contribution in [3.63, 3.8) is 0 Å². The summed E-state index contributed by atoms with van der Waals surface area (Å²) in [6.45, 7) is 6.85. The SMILES string of the molecule is CCC(C)C1(c2cccc(O)c2)CCN(C)C1. The summed E-state index contributed by atoms with van der Waals surface area (Å²) in [5, 5.41) is 9.69. The van der Waals surface area contributed by atoms with Crippen LogP contribution in [0.5, 0.6) is 5.75 Å². The third kappa shape index (κ3) is 2.19. The van der Waals surface area contributed by atoms with Crippen molar-refractivity contribution >= 4 is 0 Å². The van der Waals surface area contributed by atoms with Gasteiger partial charge in [0.1, 0.15) is 5.75 Å². The molecule has 2 nitrogen and oxygen atoms in total. The van der Waals surface area contributed by atoms with Crippen LogP contribution in [0.15, 0.2) is 24.3 Å². The van der Waals surface area contributed by atoms with Gasteiger partial charge in [0, 0.05) is 12.0 Å². The standard InChI is InChI=1S/C15H23NO/c1-4-12(2)15(8-9-16(3)11-15)13-6-5-7-14(17)10-13/h5-7,10,12,17H,4,8-9,11H2,1-3H3. The lowest BCUT2D eigenvalue weighted by Gasteiger charge is -2.35. The summed E-state index contributed by atoms with van der Waals surface area (Å²) >= 11 is 0. The van der Waals surface area contributed by atoms with Gasteiger partial charge >= 0.3 is 0 Å². The maximum atomic E-state index is 9.69. The quantitative estimate of drug-likeness (QED) is 0.867. The molecule has 94 valence electrons. The van der Waals surface area contributed by atoms with Crippen LogP contribution in [0, 0.1) is 5.92 Å². The van der Waals surface area contributed by atoms with Gasteiger partial charge in [-0.2, -0.15) is 0 Å². The van der Waals surface area contributed by atoms with E-state index in [1.807, 2.05) is 12.1 Å². The third-order valence-corrected chi connectivity index (χ3v) is 4.47. The molecule has 0 spiro atoms. The van der Waals surface area contributed by atoms with Gasteiger partial charge in [-0.1, -0.05) is 32.4 Å². The highest BCUT2D eigenvalue weighted by atomic mass is 16.3. The summed E-state index contributed by atoms with van der Waals surface area (Å²) in [5.74, 6) is 1.04. The normalized spacial score (nSPS) is 27.2. The average Bonchev–Trinajstić information content (AvgIpc) is 2.72. The van der Waals surface area contributed by atoms with E-state index in [0.717, 1.165) is 13.1 Å². The number of nitrogens with zero attached hydrogens (tertiary/aromatic N) is 1. The molecule has 1 heterocycles. The Hall–Kier alpha value is -1.02. The van der Waals surface area contributed by atoms with Crippen LogP contribution in [0.25, 0.3) is 0 Å². The van der Waals surface area contributed by atoms with Crippen molar-refractivity contribution in [1.82, 2.24) is 4.90 Å². The van der Waals surface area contributed by atoms with Crippen molar-refractivity contribution < 1.29 is 5.11 Å². The largest absolute Gasteiger partial charge is 0.508 e. The minimum Gasteiger partial charge on any atom is -0.508 e. The van der Waals surface area contributed by atoms with E-state index in [4.69, 9.17) is 0 Å². The van der Waals surface area contributed by atoms with Crippen LogP contribution < -0.4 is 0 Å². The Bertz CT molecular complexity index is 390. The van der Waals surface area contributed by atoms with Crippen LogP contribution in [-0.4, -0.2) is 30.1 Å². The maximum Gasteiger partial charge on any atom is 0.115 e. The van der Waals surface area contributed by atoms with Gasteiger partial charge in [0.25, 0.3) is 0 Å². The van der Waals surface area contributed by atoms with Crippen molar-refractivity contribution in [2.75, 3.05) is 20.1 Å². The molecule has 1 aromatic rings. The highest BCUT2D eigenvalue weighted by Gasteiger charge is 2.42. The van der Waals surface area contributed by atoms with Crippen molar-refractivity contribution in [2.45, 2.75) is 32.1 Å². The summed E-state index contributed by atoms with van der Waals surface area (Å²) in [7, 11) is 2.19.